The lowest BCUT2D eigenvalue weighted by atomic mass is 9.65. The molecular weight excluding hydrogens is 376 g/mol. The fraction of sp³-hybridized carbons (Fsp3) is 0.958. The maximum absolute atomic E-state index is 12.6. The zero-order valence-electron chi connectivity index (χ0n) is 19.5. The maximum Gasteiger partial charge on any atom is 0.410 e. The van der Waals surface area contributed by atoms with E-state index in [-0.39, 0.29) is 23.1 Å². The van der Waals surface area contributed by atoms with Crippen LogP contribution in [0.1, 0.15) is 78.6 Å². The minimum absolute atomic E-state index is 0.138. The van der Waals surface area contributed by atoms with Gasteiger partial charge in [0.25, 0.3) is 0 Å². The van der Waals surface area contributed by atoms with Gasteiger partial charge in [0.1, 0.15) is 5.60 Å². The van der Waals surface area contributed by atoms with Crippen molar-refractivity contribution >= 4 is 6.09 Å². The summed E-state index contributed by atoms with van der Waals surface area (Å²) in [6, 6.07) is 0.227. The third-order valence-corrected chi connectivity index (χ3v) is 8.52. The van der Waals surface area contributed by atoms with Crippen molar-refractivity contribution < 1.29 is 9.53 Å². The number of amides is 1. The largest absolute Gasteiger partial charge is 0.444 e. The van der Waals surface area contributed by atoms with Crippen LogP contribution < -0.4 is 11.1 Å². The quantitative estimate of drug-likeness (QED) is 0.717. The van der Waals surface area contributed by atoms with Crippen LogP contribution in [-0.4, -0.2) is 72.3 Å². The third-order valence-electron chi connectivity index (χ3n) is 8.52. The van der Waals surface area contributed by atoms with Crippen LogP contribution in [0.5, 0.6) is 0 Å². The molecule has 1 spiro atoms. The molecule has 0 aromatic rings. The van der Waals surface area contributed by atoms with Crippen molar-refractivity contribution in [1.29, 1.82) is 0 Å². The van der Waals surface area contributed by atoms with Gasteiger partial charge in [-0.3, -0.25) is 4.90 Å². The molecule has 3 aliphatic heterocycles. The fourth-order valence-corrected chi connectivity index (χ4v) is 6.89. The number of nitrogens with zero attached hydrogens (tertiary/aromatic N) is 2. The van der Waals surface area contributed by atoms with E-state index in [0.29, 0.717) is 0 Å². The van der Waals surface area contributed by atoms with Gasteiger partial charge in [-0.1, -0.05) is 19.3 Å². The first-order valence-corrected chi connectivity index (χ1v) is 12.4. The molecule has 4 fully saturated rings. The van der Waals surface area contributed by atoms with Crippen LogP contribution in [0.2, 0.25) is 0 Å². The average Bonchev–Trinajstić information content (AvgIpc) is 3.13. The Morgan fingerprint density at radius 2 is 1.70 bits per heavy atom. The molecule has 172 valence electrons. The summed E-state index contributed by atoms with van der Waals surface area (Å²) in [7, 11) is 0. The van der Waals surface area contributed by atoms with Gasteiger partial charge in [-0.15, -0.1) is 0 Å². The second-order valence-electron chi connectivity index (χ2n) is 11.5. The number of rotatable bonds is 2. The molecule has 3 N–H and O–H groups in total. The highest BCUT2D eigenvalue weighted by Crippen LogP contribution is 2.47. The van der Waals surface area contributed by atoms with E-state index in [2.05, 4.69) is 10.2 Å². The van der Waals surface area contributed by atoms with E-state index in [1.165, 1.54) is 51.4 Å². The van der Waals surface area contributed by atoms with E-state index in [1.54, 1.807) is 0 Å². The van der Waals surface area contributed by atoms with E-state index in [9.17, 15) is 4.79 Å². The van der Waals surface area contributed by atoms with Crippen LogP contribution in [0.15, 0.2) is 0 Å². The number of carbonyl (C=O) groups excluding carboxylic acids is 1. The normalized spacial score (nSPS) is 33.7. The molecule has 4 aliphatic rings. The van der Waals surface area contributed by atoms with Crippen LogP contribution in [-0.2, 0) is 4.74 Å². The lowest BCUT2D eigenvalue weighted by molar-refractivity contribution is -0.0561. The minimum atomic E-state index is -0.423. The Morgan fingerprint density at radius 3 is 2.33 bits per heavy atom. The molecule has 1 aliphatic carbocycles. The number of carbonyl (C=O) groups is 1. The van der Waals surface area contributed by atoms with Gasteiger partial charge in [0, 0.05) is 31.2 Å². The number of nitrogens with two attached hydrogens (primary N) is 1. The molecule has 1 saturated carbocycles. The Morgan fingerprint density at radius 1 is 1.03 bits per heavy atom. The van der Waals surface area contributed by atoms with Crippen LogP contribution in [0.25, 0.3) is 0 Å². The van der Waals surface area contributed by atoms with E-state index >= 15 is 0 Å². The standard InChI is InChI=1S/C24H44N4O2/c1-22(2,3)30-21(29)27-14-10-23(18-27)11-15-28(16-12-23)24(9-13-26-17-20(24)25)19-7-5-4-6-8-19/h19-20,26H,4-18,25H2,1-3H3. The van der Waals surface area contributed by atoms with E-state index < -0.39 is 5.60 Å². The van der Waals surface area contributed by atoms with Crippen molar-refractivity contribution in [3.63, 3.8) is 0 Å². The number of likely N-dealkylation sites (tertiary alicyclic amines) is 2. The summed E-state index contributed by atoms with van der Waals surface area (Å²) in [5.74, 6) is 0.749. The van der Waals surface area contributed by atoms with Gasteiger partial charge < -0.3 is 20.7 Å². The zero-order chi connectivity index (χ0) is 21.4. The van der Waals surface area contributed by atoms with Crippen LogP contribution in [0.3, 0.4) is 0 Å². The molecule has 0 aromatic heterocycles. The second-order valence-corrected chi connectivity index (χ2v) is 11.5. The summed E-state index contributed by atoms with van der Waals surface area (Å²) < 4.78 is 5.63. The van der Waals surface area contributed by atoms with Gasteiger partial charge >= 0.3 is 6.09 Å². The molecule has 30 heavy (non-hydrogen) atoms. The summed E-state index contributed by atoms with van der Waals surface area (Å²) in [5, 5.41) is 3.54. The molecule has 0 radical (unpaired) electrons. The molecule has 4 rings (SSSR count). The monoisotopic (exact) mass is 420 g/mol. The predicted octanol–water partition coefficient (Wildman–Crippen LogP) is 3.35. The van der Waals surface area contributed by atoms with Gasteiger partial charge in [-0.05, 0) is 90.3 Å². The highest BCUT2D eigenvalue weighted by molar-refractivity contribution is 5.68. The van der Waals surface area contributed by atoms with E-state index in [1.807, 2.05) is 25.7 Å². The summed E-state index contributed by atoms with van der Waals surface area (Å²) in [5.41, 5.74) is 6.90. The highest BCUT2D eigenvalue weighted by Gasteiger charge is 2.52. The number of nitrogens with one attached hydrogen (secondary N) is 1. The Kier molecular flexibility index (Phi) is 6.40. The smallest absolute Gasteiger partial charge is 0.410 e. The Labute approximate surface area is 183 Å². The van der Waals surface area contributed by atoms with Crippen molar-refractivity contribution in [2.24, 2.45) is 17.1 Å². The summed E-state index contributed by atoms with van der Waals surface area (Å²) >= 11 is 0. The van der Waals surface area contributed by atoms with Crippen molar-refractivity contribution in [3.8, 4) is 0 Å². The Bertz CT molecular complexity index is 605. The van der Waals surface area contributed by atoms with Crippen molar-refractivity contribution in [2.75, 3.05) is 39.3 Å². The molecule has 0 aromatic carbocycles. The zero-order valence-corrected chi connectivity index (χ0v) is 19.5. The first kappa shape index (κ1) is 22.3. The first-order valence-electron chi connectivity index (χ1n) is 12.4. The minimum Gasteiger partial charge on any atom is -0.444 e. The Balaban J connectivity index is 1.42. The number of piperidine rings is 2. The molecule has 2 unspecified atom stereocenters. The molecular formula is C24H44N4O2. The van der Waals surface area contributed by atoms with Gasteiger partial charge in [0.05, 0.1) is 0 Å². The van der Waals surface area contributed by atoms with Crippen LogP contribution in [0.4, 0.5) is 4.79 Å². The van der Waals surface area contributed by atoms with Crippen molar-refractivity contribution in [1.82, 2.24) is 15.1 Å². The highest BCUT2D eigenvalue weighted by atomic mass is 16.6. The summed E-state index contributed by atoms with van der Waals surface area (Å²) in [6.45, 7) is 11.8. The van der Waals surface area contributed by atoms with Crippen molar-refractivity contribution in [2.45, 2.75) is 95.7 Å². The molecule has 3 saturated heterocycles. The first-order chi connectivity index (χ1) is 14.2. The van der Waals surface area contributed by atoms with Gasteiger partial charge in [-0.2, -0.15) is 0 Å². The Hall–Kier alpha value is -0.850. The average molecular weight is 421 g/mol. The van der Waals surface area contributed by atoms with Crippen LogP contribution in [0, 0.1) is 11.3 Å². The predicted molar refractivity (Wildman–Crippen MR) is 120 cm³/mol. The maximum atomic E-state index is 12.6. The molecule has 2 atom stereocenters. The third kappa shape index (κ3) is 4.37. The van der Waals surface area contributed by atoms with E-state index in [4.69, 9.17) is 10.5 Å². The number of hydrogen-bond donors (Lipinski definition) is 2. The topological polar surface area (TPSA) is 70.8 Å². The molecule has 6 nitrogen and oxygen atoms in total. The summed E-state index contributed by atoms with van der Waals surface area (Å²) in [4.78, 5) is 17.3. The second kappa shape index (κ2) is 8.59. The summed E-state index contributed by atoms with van der Waals surface area (Å²) in [6.07, 6.45) is 11.4. The molecule has 0 bridgehead atoms. The van der Waals surface area contributed by atoms with Gasteiger partial charge in [-0.25, -0.2) is 4.79 Å². The van der Waals surface area contributed by atoms with Crippen molar-refractivity contribution in [3.05, 3.63) is 0 Å². The lowest BCUT2D eigenvalue weighted by Crippen LogP contribution is -2.71. The molecule has 1 amide bonds. The number of hydrogen-bond acceptors (Lipinski definition) is 5. The van der Waals surface area contributed by atoms with Gasteiger partial charge in [0.15, 0.2) is 0 Å². The van der Waals surface area contributed by atoms with E-state index in [0.717, 1.165) is 51.6 Å². The number of ether oxygens (including phenoxy) is 1. The molecule has 6 heteroatoms. The lowest BCUT2D eigenvalue weighted by Gasteiger charge is -2.58. The SMILES string of the molecule is CC(C)(C)OC(=O)N1CCC2(CCN(C3(C4CCCCC4)CCNCC3N)CC2)C1. The fourth-order valence-electron chi connectivity index (χ4n) is 6.89. The van der Waals surface area contributed by atoms with Crippen LogP contribution >= 0.6 is 0 Å². The van der Waals surface area contributed by atoms with Gasteiger partial charge in [0.2, 0.25) is 0 Å². The molecule has 3 heterocycles.